The molecule has 1 aromatic rings. The zero-order chi connectivity index (χ0) is 12.1. The van der Waals surface area contributed by atoms with Gasteiger partial charge in [-0.05, 0) is 24.6 Å². The summed E-state index contributed by atoms with van der Waals surface area (Å²) in [6.07, 6.45) is -1.51. The van der Waals surface area contributed by atoms with E-state index >= 15 is 0 Å². The second-order valence-corrected chi connectivity index (χ2v) is 3.92. The molecule has 5 heteroatoms. The Morgan fingerprint density at radius 1 is 1.38 bits per heavy atom. The van der Waals surface area contributed by atoms with Gasteiger partial charge in [0.05, 0.1) is 17.7 Å². The predicted octanol–water partition coefficient (Wildman–Crippen LogP) is 1.13. The van der Waals surface area contributed by atoms with Crippen molar-refractivity contribution in [3.8, 4) is 5.75 Å². The van der Waals surface area contributed by atoms with Gasteiger partial charge in [0, 0.05) is 0 Å². The van der Waals surface area contributed by atoms with Crippen molar-refractivity contribution < 1.29 is 20.1 Å². The van der Waals surface area contributed by atoms with E-state index in [4.69, 9.17) is 26.6 Å². The van der Waals surface area contributed by atoms with Crippen LogP contribution in [0.15, 0.2) is 18.2 Å². The molecule has 16 heavy (non-hydrogen) atoms. The van der Waals surface area contributed by atoms with Crippen LogP contribution in [-0.4, -0.2) is 34.6 Å². The number of rotatable bonds is 5. The summed E-state index contributed by atoms with van der Waals surface area (Å²) in [7, 11) is 0. The van der Waals surface area contributed by atoms with Crippen LogP contribution in [0, 0.1) is 0 Å². The lowest BCUT2D eigenvalue weighted by atomic mass is 10.1. The van der Waals surface area contributed by atoms with Crippen LogP contribution in [0.2, 0.25) is 5.02 Å². The van der Waals surface area contributed by atoms with E-state index in [2.05, 4.69) is 0 Å². The lowest BCUT2D eigenvalue weighted by Crippen LogP contribution is -2.21. The summed E-state index contributed by atoms with van der Waals surface area (Å²) in [5.74, 6) is 0.415. The number of benzene rings is 1. The van der Waals surface area contributed by atoms with Crippen LogP contribution in [0.1, 0.15) is 18.6 Å². The van der Waals surface area contributed by atoms with E-state index < -0.39 is 12.2 Å². The van der Waals surface area contributed by atoms with Gasteiger partial charge in [-0.25, -0.2) is 0 Å². The van der Waals surface area contributed by atoms with Gasteiger partial charge in [0.1, 0.15) is 18.5 Å². The van der Waals surface area contributed by atoms with E-state index in [1.807, 2.05) is 0 Å². The highest BCUT2D eigenvalue weighted by Gasteiger charge is 2.08. The summed E-state index contributed by atoms with van der Waals surface area (Å²) >= 11 is 5.92. The molecule has 0 bridgehead atoms. The van der Waals surface area contributed by atoms with Crippen molar-refractivity contribution in [1.29, 1.82) is 0 Å². The molecular formula is C11H15ClO4. The zero-order valence-electron chi connectivity index (χ0n) is 8.93. The summed E-state index contributed by atoms with van der Waals surface area (Å²) in [6.45, 7) is 1.26. The number of aliphatic hydroxyl groups is 3. The third-order valence-corrected chi connectivity index (χ3v) is 2.38. The molecule has 0 fully saturated rings. The van der Waals surface area contributed by atoms with Gasteiger partial charge in [0.2, 0.25) is 0 Å². The third-order valence-electron chi connectivity index (χ3n) is 2.08. The van der Waals surface area contributed by atoms with Crippen LogP contribution in [-0.2, 0) is 0 Å². The maximum atomic E-state index is 9.32. The highest BCUT2D eigenvalue weighted by Crippen LogP contribution is 2.27. The van der Waals surface area contributed by atoms with Crippen molar-refractivity contribution >= 4 is 11.6 Å². The summed E-state index contributed by atoms with van der Waals surface area (Å²) in [5.41, 5.74) is 0.694. The minimum atomic E-state index is -0.924. The highest BCUT2D eigenvalue weighted by molar-refractivity contribution is 6.32. The maximum absolute atomic E-state index is 9.32. The normalized spacial score (nSPS) is 14.6. The van der Waals surface area contributed by atoms with Crippen LogP contribution < -0.4 is 4.74 Å². The molecule has 0 amide bonds. The maximum Gasteiger partial charge on any atom is 0.138 e. The zero-order valence-corrected chi connectivity index (χ0v) is 9.68. The van der Waals surface area contributed by atoms with Crippen LogP contribution in [0.5, 0.6) is 5.75 Å². The first-order valence-corrected chi connectivity index (χ1v) is 5.31. The number of hydrogen-bond donors (Lipinski definition) is 3. The average molecular weight is 247 g/mol. The molecule has 0 aromatic heterocycles. The molecule has 0 radical (unpaired) electrons. The van der Waals surface area contributed by atoms with Crippen molar-refractivity contribution in [3.05, 3.63) is 28.8 Å². The largest absolute Gasteiger partial charge is 0.489 e. The van der Waals surface area contributed by atoms with Crippen molar-refractivity contribution in [2.45, 2.75) is 19.1 Å². The van der Waals surface area contributed by atoms with Gasteiger partial charge in [0.25, 0.3) is 0 Å². The molecule has 0 saturated carbocycles. The molecule has 0 heterocycles. The lowest BCUT2D eigenvalue weighted by molar-refractivity contribution is 0.0536. The van der Waals surface area contributed by atoms with E-state index in [1.54, 1.807) is 25.1 Å². The van der Waals surface area contributed by atoms with Gasteiger partial charge in [-0.1, -0.05) is 17.7 Å². The minimum Gasteiger partial charge on any atom is -0.489 e. The molecule has 1 rings (SSSR count). The Kier molecular flexibility index (Phi) is 5.02. The molecule has 1 aromatic carbocycles. The monoisotopic (exact) mass is 246 g/mol. The van der Waals surface area contributed by atoms with Gasteiger partial charge in [-0.15, -0.1) is 0 Å². The molecular weight excluding hydrogens is 232 g/mol. The van der Waals surface area contributed by atoms with Gasteiger partial charge in [0.15, 0.2) is 0 Å². The highest BCUT2D eigenvalue weighted by atomic mass is 35.5. The summed E-state index contributed by atoms with van der Waals surface area (Å²) < 4.78 is 5.20. The summed E-state index contributed by atoms with van der Waals surface area (Å²) in [6, 6.07) is 4.92. The fraction of sp³-hybridized carbons (Fsp3) is 0.455. The third kappa shape index (κ3) is 3.64. The van der Waals surface area contributed by atoms with Crippen LogP contribution >= 0.6 is 11.6 Å². The standard InChI is InChI=1S/C11H15ClO4/c1-7(14)8-2-3-11(10(12)4-8)16-6-9(15)5-13/h2-4,7,9,13-15H,5-6H2,1H3. The lowest BCUT2D eigenvalue weighted by Gasteiger charge is -2.12. The van der Waals surface area contributed by atoms with E-state index in [0.717, 1.165) is 0 Å². The molecule has 4 nitrogen and oxygen atoms in total. The SMILES string of the molecule is CC(O)c1ccc(OCC(O)CO)c(Cl)c1. The Morgan fingerprint density at radius 3 is 2.56 bits per heavy atom. The molecule has 0 aliphatic rings. The predicted molar refractivity (Wildman–Crippen MR) is 60.7 cm³/mol. The Morgan fingerprint density at radius 2 is 2.06 bits per heavy atom. The van der Waals surface area contributed by atoms with E-state index in [0.29, 0.717) is 16.3 Å². The molecule has 2 unspecified atom stereocenters. The summed E-state index contributed by atoms with van der Waals surface area (Å²) in [5, 5.41) is 27.4. The number of halogens is 1. The quantitative estimate of drug-likeness (QED) is 0.728. The molecule has 0 aliphatic heterocycles. The van der Waals surface area contributed by atoms with Crippen LogP contribution in [0.25, 0.3) is 0 Å². The molecule has 2 atom stereocenters. The first-order valence-electron chi connectivity index (χ1n) is 4.93. The fourth-order valence-corrected chi connectivity index (χ4v) is 1.38. The molecule has 0 saturated heterocycles. The second kappa shape index (κ2) is 6.06. The second-order valence-electron chi connectivity index (χ2n) is 3.51. The van der Waals surface area contributed by atoms with E-state index in [9.17, 15) is 5.11 Å². The average Bonchev–Trinajstić information content (AvgIpc) is 2.26. The molecule has 90 valence electrons. The van der Waals surface area contributed by atoms with E-state index in [1.165, 1.54) is 0 Å². The van der Waals surface area contributed by atoms with Gasteiger partial charge in [-0.2, -0.15) is 0 Å². The molecule has 3 N–H and O–H groups in total. The van der Waals surface area contributed by atoms with Crippen molar-refractivity contribution in [3.63, 3.8) is 0 Å². The Bertz CT molecular complexity index is 341. The first kappa shape index (κ1) is 13.3. The van der Waals surface area contributed by atoms with Gasteiger partial charge >= 0.3 is 0 Å². The topological polar surface area (TPSA) is 69.9 Å². The molecule has 0 aliphatic carbocycles. The fourth-order valence-electron chi connectivity index (χ4n) is 1.13. The Balaban J connectivity index is 2.68. The van der Waals surface area contributed by atoms with Gasteiger partial charge < -0.3 is 20.1 Å². The van der Waals surface area contributed by atoms with Crippen molar-refractivity contribution in [1.82, 2.24) is 0 Å². The van der Waals surface area contributed by atoms with Crippen molar-refractivity contribution in [2.24, 2.45) is 0 Å². The van der Waals surface area contributed by atoms with E-state index in [-0.39, 0.29) is 13.2 Å². The number of ether oxygens (including phenoxy) is 1. The smallest absolute Gasteiger partial charge is 0.138 e. The number of hydrogen-bond acceptors (Lipinski definition) is 4. The van der Waals surface area contributed by atoms with Crippen molar-refractivity contribution in [2.75, 3.05) is 13.2 Å². The van der Waals surface area contributed by atoms with Crippen LogP contribution in [0.4, 0.5) is 0 Å². The Hall–Kier alpha value is -0.810. The molecule has 0 spiro atoms. The van der Waals surface area contributed by atoms with Gasteiger partial charge in [-0.3, -0.25) is 0 Å². The minimum absolute atomic E-state index is 0.0236. The van der Waals surface area contributed by atoms with Crippen LogP contribution in [0.3, 0.4) is 0 Å². The Labute approximate surface area is 99.1 Å². The number of aliphatic hydroxyl groups excluding tert-OH is 3. The first-order chi connectivity index (χ1) is 7.54. The summed E-state index contributed by atoms with van der Waals surface area (Å²) in [4.78, 5) is 0.